The Hall–Kier alpha value is -1.52. The zero-order chi connectivity index (χ0) is 14.0. The van der Waals surface area contributed by atoms with Gasteiger partial charge in [0.05, 0.1) is 6.10 Å². The van der Waals surface area contributed by atoms with Crippen molar-refractivity contribution >= 4 is 11.6 Å². The second-order valence-corrected chi connectivity index (χ2v) is 4.58. The Morgan fingerprint density at radius 2 is 1.68 bits per heavy atom. The van der Waals surface area contributed by atoms with Crippen LogP contribution in [0, 0.1) is 17.5 Å². The van der Waals surface area contributed by atoms with Gasteiger partial charge in [0.2, 0.25) is 0 Å². The van der Waals surface area contributed by atoms with Crippen LogP contribution in [0.1, 0.15) is 17.2 Å². The summed E-state index contributed by atoms with van der Waals surface area (Å²) in [6, 6.07) is 8.32. The van der Waals surface area contributed by atoms with Crippen LogP contribution in [0.5, 0.6) is 0 Å². The Morgan fingerprint density at radius 3 is 2.26 bits per heavy atom. The van der Waals surface area contributed by atoms with Crippen molar-refractivity contribution in [3.8, 4) is 0 Å². The summed E-state index contributed by atoms with van der Waals surface area (Å²) in [6.07, 6.45) is -1.01. The topological polar surface area (TPSA) is 20.2 Å². The number of halogens is 4. The molecule has 0 aliphatic rings. The zero-order valence-corrected chi connectivity index (χ0v) is 10.5. The fourth-order valence-corrected chi connectivity index (χ4v) is 1.99. The van der Waals surface area contributed by atoms with Crippen molar-refractivity contribution in [2.45, 2.75) is 12.5 Å². The first-order chi connectivity index (χ1) is 8.97. The molecule has 100 valence electrons. The zero-order valence-electron chi connectivity index (χ0n) is 9.71. The minimum atomic E-state index is -1.54. The summed E-state index contributed by atoms with van der Waals surface area (Å²) >= 11 is 5.79. The highest BCUT2D eigenvalue weighted by molar-refractivity contribution is 6.30. The number of aliphatic hydroxyl groups excluding tert-OH is 1. The van der Waals surface area contributed by atoms with E-state index in [1.165, 1.54) is 0 Å². The van der Waals surface area contributed by atoms with Crippen molar-refractivity contribution in [1.29, 1.82) is 0 Å². The summed E-state index contributed by atoms with van der Waals surface area (Å²) in [5, 5.41) is 10.4. The molecule has 0 saturated heterocycles. The monoisotopic (exact) mass is 286 g/mol. The van der Waals surface area contributed by atoms with Crippen LogP contribution in [-0.4, -0.2) is 5.11 Å². The highest BCUT2D eigenvalue weighted by Gasteiger charge is 2.16. The van der Waals surface area contributed by atoms with E-state index in [1.807, 2.05) is 0 Å². The minimum Gasteiger partial charge on any atom is -0.388 e. The lowest BCUT2D eigenvalue weighted by Crippen LogP contribution is -2.04. The lowest BCUT2D eigenvalue weighted by molar-refractivity contribution is 0.177. The van der Waals surface area contributed by atoms with E-state index in [9.17, 15) is 18.3 Å². The van der Waals surface area contributed by atoms with E-state index < -0.39 is 23.6 Å². The van der Waals surface area contributed by atoms with Crippen molar-refractivity contribution in [3.63, 3.8) is 0 Å². The fraction of sp³-hybridized carbons (Fsp3) is 0.143. The van der Waals surface area contributed by atoms with Gasteiger partial charge in [0, 0.05) is 11.4 Å². The maximum absolute atomic E-state index is 13.1. The van der Waals surface area contributed by atoms with Gasteiger partial charge in [-0.1, -0.05) is 23.7 Å². The van der Waals surface area contributed by atoms with Crippen LogP contribution in [0.3, 0.4) is 0 Å². The third-order valence-corrected chi connectivity index (χ3v) is 2.94. The smallest absolute Gasteiger partial charge is 0.194 e. The molecule has 0 spiro atoms. The van der Waals surface area contributed by atoms with Crippen molar-refractivity contribution in [3.05, 3.63) is 70.0 Å². The third-order valence-electron chi connectivity index (χ3n) is 2.71. The average molecular weight is 287 g/mol. The van der Waals surface area contributed by atoms with E-state index >= 15 is 0 Å². The molecule has 0 amide bonds. The van der Waals surface area contributed by atoms with Gasteiger partial charge in [0.15, 0.2) is 17.5 Å². The summed E-state index contributed by atoms with van der Waals surface area (Å²) in [4.78, 5) is 0. The molecule has 0 saturated carbocycles. The lowest BCUT2D eigenvalue weighted by Gasteiger charge is -2.12. The van der Waals surface area contributed by atoms with E-state index in [1.54, 1.807) is 24.3 Å². The maximum Gasteiger partial charge on any atom is 0.194 e. The Bertz CT molecular complexity index is 578. The second-order valence-electron chi connectivity index (χ2n) is 4.15. The summed E-state index contributed by atoms with van der Waals surface area (Å²) < 4.78 is 38.9. The van der Waals surface area contributed by atoms with Gasteiger partial charge in [-0.15, -0.1) is 0 Å². The highest BCUT2D eigenvalue weighted by atomic mass is 35.5. The van der Waals surface area contributed by atoms with Crippen molar-refractivity contribution < 1.29 is 18.3 Å². The van der Waals surface area contributed by atoms with Crippen LogP contribution in [0.15, 0.2) is 36.4 Å². The quantitative estimate of drug-likeness (QED) is 0.845. The molecule has 2 aromatic carbocycles. The Kier molecular flexibility index (Phi) is 4.12. The fourth-order valence-electron chi connectivity index (χ4n) is 1.77. The SMILES string of the molecule is OC(Cc1cccc(Cl)c1)c1cc(F)c(F)c(F)c1. The number of hydrogen-bond donors (Lipinski definition) is 1. The van der Waals surface area contributed by atoms with Crippen molar-refractivity contribution in [2.24, 2.45) is 0 Å². The molecule has 1 N–H and O–H groups in total. The molecular weight excluding hydrogens is 277 g/mol. The normalized spacial score (nSPS) is 12.5. The molecule has 2 rings (SSSR count). The summed E-state index contributed by atoms with van der Waals surface area (Å²) in [5.41, 5.74) is 0.696. The predicted molar refractivity (Wildman–Crippen MR) is 66.4 cm³/mol. The summed E-state index contributed by atoms with van der Waals surface area (Å²) in [5.74, 6) is -4.18. The lowest BCUT2D eigenvalue weighted by atomic mass is 10.0. The van der Waals surface area contributed by atoms with E-state index in [2.05, 4.69) is 0 Å². The van der Waals surface area contributed by atoms with Gasteiger partial charge < -0.3 is 5.11 Å². The molecule has 5 heteroatoms. The number of rotatable bonds is 3. The van der Waals surface area contributed by atoms with Gasteiger partial charge in [-0.25, -0.2) is 13.2 Å². The molecule has 0 radical (unpaired) electrons. The first kappa shape index (κ1) is 13.9. The van der Waals surface area contributed by atoms with Gasteiger partial charge in [-0.3, -0.25) is 0 Å². The van der Waals surface area contributed by atoms with E-state index in [0.717, 1.165) is 12.1 Å². The molecule has 1 atom stereocenters. The number of benzene rings is 2. The molecular formula is C14H10ClF3O. The molecule has 0 aromatic heterocycles. The van der Waals surface area contributed by atoms with Gasteiger partial charge in [-0.2, -0.15) is 0 Å². The average Bonchev–Trinajstić information content (AvgIpc) is 2.35. The maximum atomic E-state index is 13.1. The van der Waals surface area contributed by atoms with Crippen LogP contribution < -0.4 is 0 Å². The molecule has 1 nitrogen and oxygen atoms in total. The second kappa shape index (κ2) is 5.63. The molecule has 19 heavy (non-hydrogen) atoms. The van der Waals surface area contributed by atoms with Crippen LogP contribution in [0.4, 0.5) is 13.2 Å². The van der Waals surface area contributed by atoms with Crippen LogP contribution in [0.25, 0.3) is 0 Å². The molecule has 0 bridgehead atoms. The standard InChI is InChI=1S/C14H10ClF3O/c15-10-3-1-2-8(4-10)5-13(19)9-6-11(16)14(18)12(17)7-9/h1-4,6-7,13,19H,5H2. The largest absolute Gasteiger partial charge is 0.388 e. The Labute approximate surface area is 113 Å². The summed E-state index contributed by atoms with van der Waals surface area (Å²) in [6.45, 7) is 0. The van der Waals surface area contributed by atoms with Crippen molar-refractivity contribution in [2.75, 3.05) is 0 Å². The van der Waals surface area contributed by atoms with E-state index in [4.69, 9.17) is 11.6 Å². The van der Waals surface area contributed by atoms with Gasteiger partial charge in [0.25, 0.3) is 0 Å². The summed E-state index contributed by atoms with van der Waals surface area (Å²) in [7, 11) is 0. The number of hydrogen-bond acceptors (Lipinski definition) is 1. The van der Waals surface area contributed by atoms with Gasteiger partial charge >= 0.3 is 0 Å². The van der Waals surface area contributed by atoms with Crippen LogP contribution in [0.2, 0.25) is 5.02 Å². The first-order valence-corrected chi connectivity index (χ1v) is 5.92. The van der Waals surface area contributed by atoms with Gasteiger partial charge in [0.1, 0.15) is 0 Å². The molecule has 1 unspecified atom stereocenters. The van der Waals surface area contributed by atoms with Crippen LogP contribution >= 0.6 is 11.6 Å². The van der Waals surface area contributed by atoms with E-state index in [-0.39, 0.29) is 12.0 Å². The van der Waals surface area contributed by atoms with Crippen molar-refractivity contribution in [1.82, 2.24) is 0 Å². The molecule has 0 aliphatic carbocycles. The molecule has 2 aromatic rings. The highest BCUT2D eigenvalue weighted by Crippen LogP contribution is 2.23. The molecule has 0 heterocycles. The molecule has 0 fully saturated rings. The Balaban J connectivity index is 2.23. The molecule has 0 aliphatic heterocycles. The van der Waals surface area contributed by atoms with E-state index in [0.29, 0.717) is 10.6 Å². The third kappa shape index (κ3) is 3.28. The van der Waals surface area contributed by atoms with Crippen LogP contribution in [-0.2, 0) is 6.42 Å². The number of aliphatic hydroxyl groups is 1. The first-order valence-electron chi connectivity index (χ1n) is 5.54. The predicted octanol–water partition coefficient (Wildman–Crippen LogP) is 4.03. The minimum absolute atomic E-state index is 0.0172. The van der Waals surface area contributed by atoms with Gasteiger partial charge in [-0.05, 0) is 35.4 Å². The Morgan fingerprint density at radius 1 is 1.05 bits per heavy atom.